The van der Waals surface area contributed by atoms with E-state index >= 15 is 0 Å². The van der Waals surface area contributed by atoms with Crippen LogP contribution < -0.4 is 11.2 Å². The van der Waals surface area contributed by atoms with E-state index in [0.717, 1.165) is 4.90 Å². The maximum atomic E-state index is 13.8. The zero-order valence-electron chi connectivity index (χ0n) is 13.7. The monoisotopic (exact) mass is 364 g/mol. The second kappa shape index (κ2) is 6.36. The summed E-state index contributed by atoms with van der Waals surface area (Å²) in [6, 6.07) is 5.71. The van der Waals surface area contributed by atoms with Gasteiger partial charge in [0, 0.05) is 12.3 Å². The molecule has 132 valence electrons. The summed E-state index contributed by atoms with van der Waals surface area (Å²) in [5, 5.41) is 10.8. The van der Waals surface area contributed by atoms with Gasteiger partial charge in [-0.25, -0.2) is 13.9 Å². The molecule has 25 heavy (non-hydrogen) atoms. The number of nitrogens with one attached hydrogen (secondary N) is 1. The van der Waals surface area contributed by atoms with Crippen LogP contribution in [0.25, 0.3) is 11.4 Å². The predicted octanol–water partition coefficient (Wildman–Crippen LogP) is 1.22. The Morgan fingerprint density at radius 2 is 2.00 bits per heavy atom. The minimum absolute atomic E-state index is 0.205. The Labute approximate surface area is 147 Å². The first kappa shape index (κ1) is 17.2. The number of urea groups is 1. The lowest BCUT2D eigenvalue weighted by molar-refractivity contribution is -0.130. The van der Waals surface area contributed by atoms with Crippen LogP contribution >= 0.6 is 11.8 Å². The van der Waals surface area contributed by atoms with Crippen LogP contribution in [0.3, 0.4) is 0 Å². The van der Waals surface area contributed by atoms with Crippen LogP contribution in [-0.2, 0) is 4.79 Å². The molecule has 1 fully saturated rings. The molecule has 0 spiro atoms. The number of carbonyl (C=O) groups excluding carboxylic acids is 2. The number of nitrogens with two attached hydrogens (primary N) is 1. The molecule has 0 saturated carbocycles. The Kier molecular flexibility index (Phi) is 4.38. The number of amides is 3. The second-order valence-electron chi connectivity index (χ2n) is 6.02. The highest BCUT2D eigenvalue weighted by atomic mass is 32.2. The standard InChI is InChI=1S/C15H17FN6O2S/c1-15(2)12(23)21(13(24)18-15)7-8-25-14-20-19-11(22(14)17)9-5-3-4-6-10(9)16/h3-6H,7-8,17H2,1-2H3,(H,18,24). The summed E-state index contributed by atoms with van der Waals surface area (Å²) in [5.74, 6) is 5.81. The first-order chi connectivity index (χ1) is 11.8. The van der Waals surface area contributed by atoms with Crippen molar-refractivity contribution in [3.05, 3.63) is 30.1 Å². The van der Waals surface area contributed by atoms with Crippen LogP contribution in [0, 0.1) is 5.82 Å². The maximum Gasteiger partial charge on any atom is 0.325 e. The Hall–Kier alpha value is -2.62. The SMILES string of the molecule is CC1(C)NC(=O)N(CCSc2nnc(-c3ccccc3F)n2N)C1=O. The van der Waals surface area contributed by atoms with Crippen molar-refractivity contribution in [2.45, 2.75) is 24.5 Å². The molecule has 1 aromatic carbocycles. The van der Waals surface area contributed by atoms with Crippen LogP contribution in [-0.4, -0.2) is 49.5 Å². The normalized spacial score (nSPS) is 16.4. The summed E-state index contributed by atoms with van der Waals surface area (Å²) in [4.78, 5) is 25.1. The van der Waals surface area contributed by atoms with Gasteiger partial charge >= 0.3 is 6.03 Å². The quantitative estimate of drug-likeness (QED) is 0.469. The summed E-state index contributed by atoms with van der Waals surface area (Å²) in [7, 11) is 0. The van der Waals surface area contributed by atoms with E-state index in [2.05, 4.69) is 15.5 Å². The molecule has 0 unspecified atom stereocenters. The van der Waals surface area contributed by atoms with Gasteiger partial charge in [0.05, 0.1) is 5.56 Å². The van der Waals surface area contributed by atoms with Gasteiger partial charge in [-0.05, 0) is 26.0 Å². The lowest BCUT2D eigenvalue weighted by Gasteiger charge is -2.15. The van der Waals surface area contributed by atoms with Crippen molar-refractivity contribution in [1.82, 2.24) is 25.1 Å². The summed E-state index contributed by atoms with van der Waals surface area (Å²) in [6.07, 6.45) is 0. The Bertz CT molecular complexity index is 837. The molecule has 3 amide bonds. The summed E-state index contributed by atoms with van der Waals surface area (Å²) >= 11 is 1.23. The molecule has 2 heterocycles. The van der Waals surface area contributed by atoms with Crippen molar-refractivity contribution in [3.8, 4) is 11.4 Å². The van der Waals surface area contributed by atoms with Gasteiger partial charge < -0.3 is 11.2 Å². The number of thioether (sulfide) groups is 1. The summed E-state index contributed by atoms with van der Waals surface area (Å²) in [5.41, 5.74) is -0.645. The van der Waals surface area contributed by atoms with Gasteiger partial charge in [-0.1, -0.05) is 23.9 Å². The van der Waals surface area contributed by atoms with Gasteiger partial charge in [-0.2, -0.15) is 0 Å². The molecular formula is C15H17FN6O2S. The minimum atomic E-state index is -0.895. The van der Waals surface area contributed by atoms with Crippen LogP contribution in [0.4, 0.5) is 9.18 Å². The van der Waals surface area contributed by atoms with Crippen molar-refractivity contribution < 1.29 is 14.0 Å². The van der Waals surface area contributed by atoms with Gasteiger partial charge in [0.1, 0.15) is 11.4 Å². The van der Waals surface area contributed by atoms with Gasteiger partial charge in [0.2, 0.25) is 5.16 Å². The maximum absolute atomic E-state index is 13.8. The number of nitrogen functional groups attached to an aromatic ring is 1. The molecule has 0 aliphatic carbocycles. The van der Waals surface area contributed by atoms with E-state index in [0.29, 0.717) is 10.9 Å². The fourth-order valence-electron chi connectivity index (χ4n) is 2.45. The second-order valence-corrected chi connectivity index (χ2v) is 7.08. The van der Waals surface area contributed by atoms with Crippen molar-refractivity contribution >= 4 is 23.7 Å². The molecule has 3 N–H and O–H groups in total. The number of rotatable bonds is 5. The number of imide groups is 1. The topological polar surface area (TPSA) is 106 Å². The van der Waals surface area contributed by atoms with Gasteiger partial charge in [-0.3, -0.25) is 9.69 Å². The molecule has 0 radical (unpaired) electrons. The number of benzene rings is 1. The lowest BCUT2D eigenvalue weighted by Crippen LogP contribution is -2.40. The number of carbonyl (C=O) groups is 2. The third kappa shape index (κ3) is 3.16. The third-order valence-corrected chi connectivity index (χ3v) is 4.69. The largest absolute Gasteiger partial charge is 0.335 e. The molecule has 2 aromatic rings. The van der Waals surface area contributed by atoms with E-state index in [1.807, 2.05) is 0 Å². The molecule has 1 aliphatic rings. The highest BCUT2D eigenvalue weighted by Gasteiger charge is 2.43. The Balaban J connectivity index is 1.67. The number of aromatic nitrogens is 3. The van der Waals surface area contributed by atoms with Crippen LogP contribution in [0.2, 0.25) is 0 Å². The fourth-order valence-corrected chi connectivity index (χ4v) is 3.23. The molecule has 1 aliphatic heterocycles. The average molecular weight is 364 g/mol. The smallest absolute Gasteiger partial charge is 0.325 e. The van der Waals surface area contributed by atoms with Crippen molar-refractivity contribution in [1.29, 1.82) is 0 Å². The number of nitrogens with zero attached hydrogens (tertiary/aromatic N) is 4. The van der Waals surface area contributed by atoms with Gasteiger partial charge in [0.15, 0.2) is 5.82 Å². The first-order valence-corrected chi connectivity index (χ1v) is 8.52. The van der Waals surface area contributed by atoms with E-state index in [1.54, 1.807) is 32.0 Å². The fraction of sp³-hybridized carbons (Fsp3) is 0.333. The highest BCUT2D eigenvalue weighted by molar-refractivity contribution is 7.99. The number of halogens is 1. The third-order valence-electron chi connectivity index (χ3n) is 3.77. The lowest BCUT2D eigenvalue weighted by atomic mass is 10.1. The van der Waals surface area contributed by atoms with E-state index in [9.17, 15) is 14.0 Å². The van der Waals surface area contributed by atoms with Gasteiger partial charge in [-0.15, -0.1) is 10.2 Å². The zero-order chi connectivity index (χ0) is 18.2. The molecule has 0 atom stereocenters. The van der Waals surface area contributed by atoms with E-state index in [1.165, 1.54) is 22.5 Å². The van der Waals surface area contributed by atoms with Crippen LogP contribution in [0.15, 0.2) is 29.4 Å². The van der Waals surface area contributed by atoms with Crippen molar-refractivity contribution in [2.75, 3.05) is 18.1 Å². The minimum Gasteiger partial charge on any atom is -0.335 e. The predicted molar refractivity (Wildman–Crippen MR) is 90.6 cm³/mol. The first-order valence-electron chi connectivity index (χ1n) is 7.53. The van der Waals surface area contributed by atoms with Gasteiger partial charge in [0.25, 0.3) is 5.91 Å². The van der Waals surface area contributed by atoms with Crippen molar-refractivity contribution in [3.63, 3.8) is 0 Å². The zero-order valence-corrected chi connectivity index (χ0v) is 14.5. The van der Waals surface area contributed by atoms with Crippen LogP contribution in [0.1, 0.15) is 13.8 Å². The molecule has 10 heteroatoms. The van der Waals surface area contributed by atoms with E-state index < -0.39 is 17.4 Å². The van der Waals surface area contributed by atoms with E-state index in [4.69, 9.17) is 5.84 Å². The summed E-state index contributed by atoms with van der Waals surface area (Å²) in [6.45, 7) is 3.51. The average Bonchev–Trinajstić information content (AvgIpc) is 3.00. The molecule has 8 nitrogen and oxygen atoms in total. The van der Waals surface area contributed by atoms with Crippen LogP contribution in [0.5, 0.6) is 0 Å². The Morgan fingerprint density at radius 3 is 2.64 bits per heavy atom. The molecule has 0 bridgehead atoms. The highest BCUT2D eigenvalue weighted by Crippen LogP contribution is 2.24. The number of hydrogen-bond acceptors (Lipinski definition) is 6. The molecule has 1 aromatic heterocycles. The molecule has 3 rings (SSSR count). The van der Waals surface area contributed by atoms with E-state index in [-0.39, 0.29) is 23.8 Å². The molecule has 1 saturated heterocycles. The number of hydrogen-bond donors (Lipinski definition) is 2. The van der Waals surface area contributed by atoms with Crippen molar-refractivity contribution in [2.24, 2.45) is 0 Å². The Morgan fingerprint density at radius 1 is 1.28 bits per heavy atom. The molecular weight excluding hydrogens is 347 g/mol. The summed E-state index contributed by atoms with van der Waals surface area (Å²) < 4.78 is 15.0.